The normalized spacial score (nSPS) is 15.3. The van der Waals surface area contributed by atoms with Crippen LogP contribution in [0.4, 0.5) is 5.69 Å². The van der Waals surface area contributed by atoms with Crippen LogP contribution in [0.5, 0.6) is 0 Å². The fourth-order valence-electron chi connectivity index (χ4n) is 3.70. The van der Waals surface area contributed by atoms with Gasteiger partial charge in [0.1, 0.15) is 11.0 Å². The van der Waals surface area contributed by atoms with Crippen molar-refractivity contribution in [3.05, 3.63) is 89.5 Å². The smallest absolute Gasteiger partial charge is 0.173 e. The van der Waals surface area contributed by atoms with Crippen LogP contribution >= 0.6 is 11.8 Å². The molecule has 4 rings (SSSR count). The molecule has 1 aliphatic rings. The topological polar surface area (TPSA) is 40.6 Å². The number of allylic oxidation sites excluding steroid dienone is 1. The van der Waals surface area contributed by atoms with Crippen molar-refractivity contribution in [2.24, 2.45) is 0 Å². The minimum Gasteiger partial charge on any atom is -0.369 e. The van der Waals surface area contributed by atoms with Crippen molar-refractivity contribution >= 4 is 45.0 Å². The average molecular weight is 463 g/mol. The monoisotopic (exact) mass is 462 g/mol. The number of nitrogens with zero attached hydrogens (tertiary/aromatic N) is 2. The molecule has 6 heteroatoms. The summed E-state index contributed by atoms with van der Waals surface area (Å²) in [6.07, 6.45) is 0. The van der Waals surface area contributed by atoms with Gasteiger partial charge in [0.25, 0.3) is 0 Å². The van der Waals surface area contributed by atoms with Crippen molar-refractivity contribution in [3.8, 4) is 0 Å². The highest BCUT2D eigenvalue weighted by molar-refractivity contribution is 8.03. The first-order chi connectivity index (χ1) is 15.5. The van der Waals surface area contributed by atoms with Crippen LogP contribution in [0.1, 0.15) is 17.3 Å². The van der Waals surface area contributed by atoms with Gasteiger partial charge in [-0.1, -0.05) is 36.9 Å². The lowest BCUT2D eigenvalue weighted by atomic mass is 10.1. The standard InChI is InChI=1S/C26H26N2O2S2/c1-3-20(2)31-19-26(29)22-8-11-24(12-9-22)27-14-16-28(17-15-27)32(30)25-13-10-21-6-4-5-7-23(21)18-25/h4-13,18H,1,14-17,19H2,2H3. The van der Waals surface area contributed by atoms with Crippen LogP contribution in [-0.4, -0.2) is 46.2 Å². The lowest BCUT2D eigenvalue weighted by molar-refractivity contribution is 0.102. The maximum Gasteiger partial charge on any atom is 0.173 e. The van der Waals surface area contributed by atoms with Crippen molar-refractivity contribution in [2.45, 2.75) is 11.8 Å². The van der Waals surface area contributed by atoms with E-state index in [1.165, 1.54) is 11.8 Å². The number of anilines is 1. The van der Waals surface area contributed by atoms with Crippen LogP contribution in [0, 0.1) is 0 Å². The van der Waals surface area contributed by atoms with E-state index in [-0.39, 0.29) is 5.78 Å². The van der Waals surface area contributed by atoms with Crippen molar-refractivity contribution in [3.63, 3.8) is 0 Å². The van der Waals surface area contributed by atoms with Gasteiger partial charge in [0.2, 0.25) is 0 Å². The molecular formula is C26H26N2O2S2. The molecule has 1 heterocycles. The molecule has 32 heavy (non-hydrogen) atoms. The Morgan fingerprint density at radius 1 is 1.00 bits per heavy atom. The number of carbonyl (C=O) groups is 1. The van der Waals surface area contributed by atoms with E-state index in [1.807, 2.05) is 65.8 Å². The van der Waals surface area contributed by atoms with Gasteiger partial charge in [0.15, 0.2) is 5.78 Å². The Morgan fingerprint density at radius 2 is 1.69 bits per heavy atom. The molecule has 4 nitrogen and oxygen atoms in total. The number of rotatable bonds is 7. The summed E-state index contributed by atoms with van der Waals surface area (Å²) >= 11 is 1.46. The Bertz CT molecular complexity index is 1190. The molecule has 1 unspecified atom stereocenters. The summed E-state index contributed by atoms with van der Waals surface area (Å²) in [6.45, 7) is 8.55. The van der Waals surface area contributed by atoms with Gasteiger partial charge in [0, 0.05) is 42.3 Å². The van der Waals surface area contributed by atoms with Gasteiger partial charge in [-0.15, -0.1) is 17.5 Å². The molecule has 0 aliphatic carbocycles. The van der Waals surface area contributed by atoms with Gasteiger partial charge >= 0.3 is 0 Å². The molecule has 1 saturated heterocycles. The largest absolute Gasteiger partial charge is 0.369 e. The first kappa shape index (κ1) is 22.6. The maximum atomic E-state index is 13.1. The number of fused-ring (bicyclic) bond motifs is 1. The van der Waals surface area contributed by atoms with Crippen molar-refractivity contribution in [2.75, 3.05) is 36.8 Å². The number of carbonyl (C=O) groups excluding carboxylic acids is 1. The van der Waals surface area contributed by atoms with Gasteiger partial charge in [0.05, 0.1) is 10.6 Å². The average Bonchev–Trinajstić information content (AvgIpc) is 2.86. The molecule has 0 radical (unpaired) electrons. The van der Waals surface area contributed by atoms with E-state index >= 15 is 0 Å². The van der Waals surface area contributed by atoms with E-state index in [1.54, 1.807) is 0 Å². The zero-order valence-corrected chi connectivity index (χ0v) is 19.8. The second-order valence-corrected chi connectivity index (χ2v) is 10.3. The van der Waals surface area contributed by atoms with Gasteiger partial charge in [-0.25, -0.2) is 8.51 Å². The van der Waals surface area contributed by atoms with E-state index < -0.39 is 11.0 Å². The summed E-state index contributed by atoms with van der Waals surface area (Å²) in [5.41, 5.74) is 4.61. The molecule has 0 N–H and O–H groups in total. The fraction of sp³-hybridized carbons (Fsp3) is 0.231. The zero-order chi connectivity index (χ0) is 22.5. The summed E-state index contributed by atoms with van der Waals surface area (Å²) < 4.78 is 15.1. The number of hydrogen-bond donors (Lipinski definition) is 0. The second kappa shape index (κ2) is 10.3. The molecule has 164 valence electrons. The van der Waals surface area contributed by atoms with E-state index in [2.05, 4.69) is 29.3 Å². The van der Waals surface area contributed by atoms with Gasteiger partial charge in [-0.05, 0) is 54.1 Å². The molecular weight excluding hydrogens is 436 g/mol. The Kier molecular flexibility index (Phi) is 7.28. The van der Waals surface area contributed by atoms with Crippen LogP contribution in [0.3, 0.4) is 0 Å². The lowest BCUT2D eigenvalue weighted by Crippen LogP contribution is -2.46. The highest BCUT2D eigenvalue weighted by atomic mass is 32.2. The van der Waals surface area contributed by atoms with Crippen LogP contribution in [0.25, 0.3) is 10.8 Å². The molecule has 0 spiro atoms. The summed E-state index contributed by atoms with van der Waals surface area (Å²) in [7, 11) is -1.17. The van der Waals surface area contributed by atoms with Gasteiger partial charge in [-0.3, -0.25) is 4.79 Å². The number of piperazine rings is 1. The highest BCUT2D eigenvalue weighted by Gasteiger charge is 2.22. The van der Waals surface area contributed by atoms with Gasteiger partial charge < -0.3 is 4.90 Å². The molecule has 1 aliphatic heterocycles. The minimum atomic E-state index is -1.17. The Labute approximate surface area is 196 Å². The van der Waals surface area contributed by atoms with Crippen molar-refractivity contribution < 1.29 is 9.00 Å². The molecule has 0 bridgehead atoms. The molecule has 0 saturated carbocycles. The van der Waals surface area contributed by atoms with E-state index in [0.29, 0.717) is 11.3 Å². The predicted octanol–water partition coefficient (Wildman–Crippen LogP) is 5.29. The Morgan fingerprint density at radius 3 is 2.38 bits per heavy atom. The second-order valence-electron chi connectivity index (χ2n) is 7.67. The number of benzene rings is 3. The summed E-state index contributed by atoms with van der Waals surface area (Å²) in [5.74, 6) is 0.499. The molecule has 1 fully saturated rings. The van der Waals surface area contributed by atoms with E-state index in [9.17, 15) is 9.00 Å². The zero-order valence-electron chi connectivity index (χ0n) is 18.1. The maximum absolute atomic E-state index is 13.1. The lowest BCUT2D eigenvalue weighted by Gasteiger charge is -2.35. The minimum absolute atomic E-state index is 0.103. The van der Waals surface area contributed by atoms with Crippen LogP contribution in [-0.2, 0) is 11.0 Å². The molecule has 1 atom stereocenters. The molecule has 3 aromatic carbocycles. The van der Waals surface area contributed by atoms with E-state index in [0.717, 1.165) is 52.4 Å². The molecule has 0 amide bonds. The highest BCUT2D eigenvalue weighted by Crippen LogP contribution is 2.23. The van der Waals surface area contributed by atoms with E-state index in [4.69, 9.17) is 0 Å². The van der Waals surface area contributed by atoms with Crippen molar-refractivity contribution in [1.82, 2.24) is 4.31 Å². The summed E-state index contributed by atoms with van der Waals surface area (Å²) in [6, 6.07) is 22.0. The first-order valence-corrected chi connectivity index (χ1v) is 12.7. The van der Waals surface area contributed by atoms with Crippen molar-refractivity contribution in [1.29, 1.82) is 0 Å². The summed E-state index contributed by atoms with van der Waals surface area (Å²) in [4.78, 5) is 16.4. The number of thioether (sulfide) groups is 1. The molecule has 0 aromatic heterocycles. The Balaban J connectivity index is 1.35. The van der Waals surface area contributed by atoms with Crippen LogP contribution in [0.2, 0.25) is 0 Å². The fourth-order valence-corrected chi connectivity index (χ4v) is 5.53. The SMILES string of the molecule is C=C=C(C)SCC(=O)c1ccc(N2CCN(S(=O)c3ccc4ccccc4c3)CC2)cc1. The Hall–Kier alpha value is -2.63. The number of hydrogen-bond acceptors (Lipinski definition) is 4. The third-order valence-corrected chi connectivity index (χ3v) is 8.09. The number of Topliss-reactive ketones (excluding diaryl/α,β-unsaturated/α-hetero) is 1. The van der Waals surface area contributed by atoms with Crippen LogP contribution < -0.4 is 4.90 Å². The number of ketones is 1. The first-order valence-electron chi connectivity index (χ1n) is 10.6. The predicted molar refractivity (Wildman–Crippen MR) is 136 cm³/mol. The third-order valence-electron chi connectivity index (χ3n) is 5.62. The van der Waals surface area contributed by atoms with Crippen LogP contribution in [0.15, 0.2) is 88.8 Å². The quantitative estimate of drug-likeness (QED) is 0.353. The summed E-state index contributed by atoms with van der Waals surface area (Å²) in [5, 5.41) is 2.27. The third kappa shape index (κ3) is 5.22. The molecule has 3 aromatic rings. The van der Waals surface area contributed by atoms with Gasteiger partial charge in [-0.2, -0.15) is 0 Å².